The Morgan fingerprint density at radius 3 is 2.58 bits per heavy atom. The summed E-state index contributed by atoms with van der Waals surface area (Å²) in [4.78, 5) is 29.0. The molecule has 7 nitrogen and oxygen atoms in total. The van der Waals surface area contributed by atoms with Crippen molar-refractivity contribution >= 4 is 23.2 Å². The molecule has 0 unspecified atom stereocenters. The van der Waals surface area contributed by atoms with Crippen LogP contribution in [-0.4, -0.2) is 31.0 Å². The number of aromatic nitrogens is 1. The van der Waals surface area contributed by atoms with Crippen molar-refractivity contribution in [1.29, 1.82) is 0 Å². The Labute approximate surface area is 183 Å². The van der Waals surface area contributed by atoms with Gasteiger partial charge in [0.1, 0.15) is 16.5 Å². The molecule has 3 rings (SSSR count). The number of carbonyl (C=O) groups excluding carboxylic acids is 2. The third kappa shape index (κ3) is 5.37. The standard InChI is InChI=1S/C22H22FN3O4S/c1-13-7-8-15(23)9-16(13)21(27)25-11-19-26-17(12-31-19)22(28)24-10-14-5-4-6-18(29-2)20(14)30-3/h4-9,12H,10-11H2,1-3H3,(H,24,28)(H,25,27). The monoisotopic (exact) mass is 443 g/mol. The van der Waals surface area contributed by atoms with Gasteiger partial charge in [-0.2, -0.15) is 0 Å². The minimum Gasteiger partial charge on any atom is -0.493 e. The molecule has 0 aliphatic carbocycles. The fourth-order valence-corrected chi connectivity index (χ4v) is 3.66. The smallest absolute Gasteiger partial charge is 0.271 e. The summed E-state index contributed by atoms with van der Waals surface area (Å²) in [6.45, 7) is 2.11. The Bertz CT molecular complexity index is 1100. The van der Waals surface area contributed by atoms with E-state index in [1.165, 1.54) is 30.6 Å². The first-order valence-electron chi connectivity index (χ1n) is 9.39. The van der Waals surface area contributed by atoms with Crippen LogP contribution >= 0.6 is 11.3 Å². The summed E-state index contributed by atoms with van der Waals surface area (Å²) < 4.78 is 24.0. The van der Waals surface area contributed by atoms with Gasteiger partial charge < -0.3 is 20.1 Å². The number of benzene rings is 2. The largest absolute Gasteiger partial charge is 0.493 e. The van der Waals surface area contributed by atoms with Gasteiger partial charge in [0, 0.05) is 23.1 Å². The number of para-hydroxylation sites is 1. The molecular formula is C22H22FN3O4S. The van der Waals surface area contributed by atoms with E-state index < -0.39 is 11.7 Å². The summed E-state index contributed by atoms with van der Waals surface area (Å²) in [6, 6.07) is 9.46. The Morgan fingerprint density at radius 1 is 1.06 bits per heavy atom. The maximum Gasteiger partial charge on any atom is 0.271 e. The number of thiazole rings is 1. The van der Waals surface area contributed by atoms with Crippen LogP contribution in [0.2, 0.25) is 0 Å². The fraction of sp³-hybridized carbons (Fsp3) is 0.227. The number of ether oxygens (including phenoxy) is 2. The van der Waals surface area contributed by atoms with Crippen LogP contribution in [0.25, 0.3) is 0 Å². The zero-order valence-corrected chi connectivity index (χ0v) is 18.1. The van der Waals surface area contributed by atoms with Gasteiger partial charge >= 0.3 is 0 Å². The molecule has 162 valence electrons. The second-order valence-corrected chi connectivity index (χ2v) is 7.55. The number of nitrogens with zero attached hydrogens (tertiary/aromatic N) is 1. The lowest BCUT2D eigenvalue weighted by Crippen LogP contribution is -2.25. The molecule has 2 N–H and O–H groups in total. The topological polar surface area (TPSA) is 89.6 Å². The van der Waals surface area contributed by atoms with Crippen molar-refractivity contribution in [3.63, 3.8) is 0 Å². The summed E-state index contributed by atoms with van der Waals surface area (Å²) in [5.74, 6) is -0.0892. The SMILES string of the molecule is COc1cccc(CNC(=O)c2csc(CNC(=O)c3cc(F)ccc3C)n2)c1OC. The van der Waals surface area contributed by atoms with Gasteiger partial charge in [-0.25, -0.2) is 9.37 Å². The number of nitrogens with one attached hydrogen (secondary N) is 2. The summed E-state index contributed by atoms with van der Waals surface area (Å²) in [5, 5.41) is 7.68. The van der Waals surface area contributed by atoms with E-state index in [1.807, 2.05) is 12.1 Å². The van der Waals surface area contributed by atoms with E-state index in [4.69, 9.17) is 9.47 Å². The van der Waals surface area contributed by atoms with Crippen LogP contribution in [0.5, 0.6) is 11.5 Å². The van der Waals surface area contributed by atoms with E-state index in [2.05, 4.69) is 15.6 Å². The van der Waals surface area contributed by atoms with Gasteiger partial charge in [-0.1, -0.05) is 18.2 Å². The van der Waals surface area contributed by atoms with Crippen LogP contribution in [0.4, 0.5) is 4.39 Å². The first-order valence-corrected chi connectivity index (χ1v) is 10.3. The molecule has 0 radical (unpaired) electrons. The number of amides is 2. The van der Waals surface area contributed by atoms with Gasteiger partial charge in [0.2, 0.25) is 0 Å². The maximum atomic E-state index is 13.4. The van der Waals surface area contributed by atoms with Gasteiger partial charge in [-0.05, 0) is 30.7 Å². The second-order valence-electron chi connectivity index (χ2n) is 6.60. The average Bonchev–Trinajstić information content (AvgIpc) is 3.26. The predicted octanol–water partition coefficient (Wildman–Crippen LogP) is 3.47. The number of halogens is 1. The lowest BCUT2D eigenvalue weighted by molar-refractivity contribution is 0.0942. The minimum absolute atomic E-state index is 0.135. The van der Waals surface area contributed by atoms with Crippen molar-refractivity contribution in [3.8, 4) is 11.5 Å². The molecule has 0 saturated heterocycles. The number of hydrogen-bond donors (Lipinski definition) is 2. The fourth-order valence-electron chi connectivity index (χ4n) is 2.95. The van der Waals surface area contributed by atoms with Crippen LogP contribution in [-0.2, 0) is 13.1 Å². The lowest BCUT2D eigenvalue weighted by Gasteiger charge is -2.12. The minimum atomic E-state index is -0.475. The van der Waals surface area contributed by atoms with Crippen LogP contribution < -0.4 is 20.1 Å². The number of carbonyl (C=O) groups is 2. The van der Waals surface area contributed by atoms with Crippen LogP contribution in [0, 0.1) is 12.7 Å². The van der Waals surface area contributed by atoms with Gasteiger partial charge in [-0.15, -0.1) is 11.3 Å². The normalized spacial score (nSPS) is 10.5. The van der Waals surface area contributed by atoms with E-state index in [1.54, 1.807) is 31.5 Å². The molecule has 31 heavy (non-hydrogen) atoms. The Kier molecular flexibility index (Phi) is 7.19. The van der Waals surface area contributed by atoms with E-state index in [0.717, 1.165) is 5.56 Å². The van der Waals surface area contributed by atoms with Crippen LogP contribution in [0.1, 0.15) is 37.0 Å². The number of methoxy groups -OCH3 is 2. The van der Waals surface area contributed by atoms with Gasteiger partial charge in [0.05, 0.1) is 20.8 Å². The molecule has 2 aromatic carbocycles. The molecule has 0 aliphatic heterocycles. The summed E-state index contributed by atoms with van der Waals surface area (Å²) >= 11 is 1.25. The van der Waals surface area contributed by atoms with Crippen LogP contribution in [0.15, 0.2) is 41.8 Å². The average molecular weight is 444 g/mol. The van der Waals surface area contributed by atoms with Crippen molar-refractivity contribution in [2.75, 3.05) is 14.2 Å². The van der Waals surface area contributed by atoms with Crippen molar-refractivity contribution in [2.45, 2.75) is 20.0 Å². The molecule has 1 aromatic heterocycles. The third-order valence-corrected chi connectivity index (χ3v) is 5.40. The van der Waals surface area contributed by atoms with E-state index in [0.29, 0.717) is 22.1 Å². The van der Waals surface area contributed by atoms with Crippen molar-refractivity contribution in [1.82, 2.24) is 15.6 Å². The highest BCUT2D eigenvalue weighted by Gasteiger charge is 2.15. The molecule has 3 aromatic rings. The van der Waals surface area contributed by atoms with Crippen molar-refractivity contribution in [2.24, 2.45) is 0 Å². The maximum absolute atomic E-state index is 13.4. The molecule has 1 heterocycles. The highest BCUT2D eigenvalue weighted by atomic mass is 32.1. The Morgan fingerprint density at radius 2 is 1.84 bits per heavy atom. The molecule has 0 atom stereocenters. The summed E-state index contributed by atoms with van der Waals surface area (Å²) in [7, 11) is 3.08. The number of hydrogen-bond acceptors (Lipinski definition) is 6. The quantitative estimate of drug-likeness (QED) is 0.557. The van der Waals surface area contributed by atoms with Gasteiger partial charge in [0.15, 0.2) is 11.5 Å². The molecule has 0 spiro atoms. The van der Waals surface area contributed by atoms with E-state index >= 15 is 0 Å². The van der Waals surface area contributed by atoms with E-state index in [-0.39, 0.29) is 30.3 Å². The van der Waals surface area contributed by atoms with Crippen molar-refractivity contribution in [3.05, 3.63) is 75.0 Å². The first-order chi connectivity index (χ1) is 14.9. The molecule has 0 aliphatic rings. The summed E-state index contributed by atoms with van der Waals surface area (Å²) in [6.07, 6.45) is 0. The summed E-state index contributed by atoms with van der Waals surface area (Å²) in [5.41, 5.74) is 1.95. The van der Waals surface area contributed by atoms with Gasteiger partial charge in [0.25, 0.3) is 11.8 Å². The Hall–Kier alpha value is -3.46. The lowest BCUT2D eigenvalue weighted by atomic mass is 10.1. The predicted molar refractivity (Wildman–Crippen MR) is 115 cm³/mol. The zero-order chi connectivity index (χ0) is 22.4. The molecule has 0 bridgehead atoms. The van der Waals surface area contributed by atoms with Gasteiger partial charge in [-0.3, -0.25) is 9.59 Å². The molecular weight excluding hydrogens is 421 g/mol. The molecule has 0 saturated carbocycles. The molecule has 0 fully saturated rings. The highest BCUT2D eigenvalue weighted by Crippen LogP contribution is 2.30. The Balaban J connectivity index is 1.59. The highest BCUT2D eigenvalue weighted by molar-refractivity contribution is 7.09. The second kappa shape index (κ2) is 10.0. The molecule has 9 heteroatoms. The zero-order valence-electron chi connectivity index (χ0n) is 17.3. The first kappa shape index (κ1) is 22.2. The number of aryl methyl sites for hydroxylation is 1. The van der Waals surface area contributed by atoms with Crippen LogP contribution in [0.3, 0.4) is 0 Å². The molecule has 2 amide bonds. The van der Waals surface area contributed by atoms with Crippen molar-refractivity contribution < 1.29 is 23.5 Å². The third-order valence-electron chi connectivity index (χ3n) is 4.55. The number of rotatable bonds is 8. The van der Waals surface area contributed by atoms with E-state index in [9.17, 15) is 14.0 Å².